The Morgan fingerprint density at radius 2 is 2.03 bits per heavy atom. The molecule has 6 nitrogen and oxygen atoms in total. The minimum atomic E-state index is 0.325. The number of aryl methyl sites for hydroxylation is 1. The van der Waals surface area contributed by atoms with E-state index in [1.165, 1.54) is 0 Å². The number of hydrogen-bond donors (Lipinski definition) is 1. The number of aldehydes is 1. The van der Waals surface area contributed by atoms with Crippen molar-refractivity contribution in [2.45, 2.75) is 38.8 Å². The molecule has 1 aliphatic heterocycles. The number of benzene rings is 3. The predicted molar refractivity (Wildman–Crippen MR) is 134 cm³/mol. The highest BCUT2D eigenvalue weighted by Gasteiger charge is 2.33. The molecule has 0 bridgehead atoms. The molecule has 1 fully saturated rings. The third-order valence-electron chi connectivity index (χ3n) is 6.47. The maximum atomic E-state index is 11.1. The maximum absolute atomic E-state index is 11.1. The largest absolute Gasteiger partial charge is 0.489 e. The minimum Gasteiger partial charge on any atom is -0.489 e. The van der Waals surface area contributed by atoms with Crippen LogP contribution in [-0.4, -0.2) is 11.4 Å². The van der Waals surface area contributed by atoms with Crippen LogP contribution in [0, 0.1) is 6.92 Å². The van der Waals surface area contributed by atoms with Crippen molar-refractivity contribution in [2.24, 2.45) is 0 Å². The van der Waals surface area contributed by atoms with Crippen LogP contribution in [-0.2, 0) is 13.2 Å². The Balaban J connectivity index is 1.27. The average Bonchev–Trinajstić information content (AvgIpc) is 3.65. The van der Waals surface area contributed by atoms with Gasteiger partial charge in [-0.3, -0.25) is 4.79 Å². The fraction of sp³-hybridized carbons (Fsp3) is 0.214. The van der Waals surface area contributed by atoms with Crippen molar-refractivity contribution >= 4 is 23.6 Å². The van der Waals surface area contributed by atoms with Crippen molar-refractivity contribution in [1.29, 1.82) is 0 Å². The first-order valence-corrected chi connectivity index (χ1v) is 12.0. The second kappa shape index (κ2) is 8.78. The number of hydrogen-bond acceptors (Lipinski definition) is 6. The van der Waals surface area contributed by atoms with Gasteiger partial charge in [-0.25, -0.2) is 0 Å². The van der Waals surface area contributed by atoms with Crippen LogP contribution >= 0.6 is 11.6 Å². The quantitative estimate of drug-likeness (QED) is 0.288. The highest BCUT2D eigenvalue weighted by atomic mass is 35.5. The van der Waals surface area contributed by atoms with E-state index < -0.39 is 0 Å². The molecule has 2 heterocycles. The van der Waals surface area contributed by atoms with Gasteiger partial charge in [0, 0.05) is 29.2 Å². The molecule has 0 spiro atoms. The number of ether oxygens (including phenoxy) is 2. The van der Waals surface area contributed by atoms with E-state index >= 15 is 0 Å². The monoisotopic (exact) mass is 486 g/mol. The lowest BCUT2D eigenvalue weighted by atomic mass is 10.0. The van der Waals surface area contributed by atoms with Gasteiger partial charge in [0.15, 0.2) is 5.75 Å². The molecule has 2 aliphatic rings. The summed E-state index contributed by atoms with van der Waals surface area (Å²) in [5.74, 6) is 3.35. The first-order chi connectivity index (χ1) is 17.1. The molecule has 0 unspecified atom stereocenters. The molecule has 176 valence electrons. The number of carbonyl (C=O) groups excluding carboxylic acids is 1. The van der Waals surface area contributed by atoms with Gasteiger partial charge in [-0.05, 0) is 67.8 Å². The van der Waals surface area contributed by atoms with E-state index in [1.54, 1.807) is 12.1 Å². The van der Waals surface area contributed by atoms with Crippen molar-refractivity contribution in [3.05, 3.63) is 87.6 Å². The molecule has 6 rings (SSSR count). The number of carbonyl (C=O) groups is 1. The highest BCUT2D eigenvalue weighted by Crippen LogP contribution is 2.45. The zero-order valence-electron chi connectivity index (χ0n) is 19.1. The summed E-state index contributed by atoms with van der Waals surface area (Å²) in [5.41, 5.74) is 5.99. The molecule has 0 amide bonds. The zero-order chi connectivity index (χ0) is 23.9. The van der Waals surface area contributed by atoms with Gasteiger partial charge in [0.25, 0.3) is 0 Å². The first kappa shape index (κ1) is 21.7. The molecule has 1 N–H and O–H groups in total. The second-order valence-electron chi connectivity index (χ2n) is 8.97. The van der Waals surface area contributed by atoms with Crippen LogP contribution in [0.1, 0.15) is 51.6 Å². The van der Waals surface area contributed by atoms with Gasteiger partial charge < -0.3 is 19.3 Å². The SMILES string of the molecule is Cc1cccc(Cl)c1-c1noc(C2CC2)c1COc1ccc2c(c1)CNc1ccc(C=O)cc1O2. The van der Waals surface area contributed by atoms with E-state index in [-0.39, 0.29) is 0 Å². The Morgan fingerprint density at radius 3 is 2.83 bits per heavy atom. The summed E-state index contributed by atoms with van der Waals surface area (Å²) in [7, 11) is 0. The van der Waals surface area contributed by atoms with Gasteiger partial charge in [-0.1, -0.05) is 28.9 Å². The topological polar surface area (TPSA) is 73.6 Å². The van der Waals surface area contributed by atoms with Gasteiger partial charge >= 0.3 is 0 Å². The summed E-state index contributed by atoms with van der Waals surface area (Å²) in [6.07, 6.45) is 3.00. The summed E-state index contributed by atoms with van der Waals surface area (Å²) < 4.78 is 18.1. The molecule has 0 saturated heterocycles. The third kappa shape index (κ3) is 4.15. The van der Waals surface area contributed by atoms with Crippen molar-refractivity contribution in [1.82, 2.24) is 5.16 Å². The van der Waals surface area contributed by atoms with Crippen molar-refractivity contribution < 1.29 is 18.8 Å². The van der Waals surface area contributed by atoms with Crippen LogP contribution in [0.25, 0.3) is 11.3 Å². The molecule has 1 aromatic heterocycles. The van der Waals surface area contributed by atoms with E-state index in [9.17, 15) is 4.79 Å². The molecule has 3 aromatic carbocycles. The molecule has 35 heavy (non-hydrogen) atoms. The smallest absolute Gasteiger partial charge is 0.151 e. The lowest BCUT2D eigenvalue weighted by Gasteiger charge is -2.12. The fourth-order valence-electron chi connectivity index (χ4n) is 4.45. The van der Waals surface area contributed by atoms with Gasteiger partial charge in [0.2, 0.25) is 0 Å². The molecular formula is C28H23ClN2O4. The summed E-state index contributed by atoms with van der Waals surface area (Å²) in [5, 5.41) is 8.42. The van der Waals surface area contributed by atoms with E-state index in [2.05, 4.69) is 10.5 Å². The van der Waals surface area contributed by atoms with Crippen LogP contribution in [0.15, 0.2) is 59.1 Å². The summed E-state index contributed by atoms with van der Waals surface area (Å²) in [6, 6.07) is 16.9. The Bertz CT molecular complexity index is 1420. The zero-order valence-corrected chi connectivity index (χ0v) is 19.9. The van der Waals surface area contributed by atoms with E-state index in [0.717, 1.165) is 70.0 Å². The number of fused-ring (bicyclic) bond motifs is 2. The molecule has 7 heteroatoms. The van der Waals surface area contributed by atoms with Crippen LogP contribution in [0.3, 0.4) is 0 Å². The predicted octanol–water partition coefficient (Wildman–Crippen LogP) is 7.29. The maximum Gasteiger partial charge on any atom is 0.151 e. The number of anilines is 1. The Morgan fingerprint density at radius 1 is 1.14 bits per heavy atom. The number of nitrogens with one attached hydrogen (secondary N) is 1. The van der Waals surface area contributed by atoms with Gasteiger partial charge in [-0.2, -0.15) is 0 Å². The van der Waals surface area contributed by atoms with Crippen LogP contribution in [0.4, 0.5) is 5.69 Å². The number of nitrogens with zero attached hydrogens (tertiary/aromatic N) is 1. The normalized spacial score (nSPS) is 14.2. The first-order valence-electron chi connectivity index (χ1n) is 11.6. The molecule has 1 aliphatic carbocycles. The second-order valence-corrected chi connectivity index (χ2v) is 9.37. The summed E-state index contributed by atoms with van der Waals surface area (Å²) >= 11 is 6.55. The standard InChI is InChI=1S/C28H23ClN2O4/c1-16-3-2-4-22(29)26(16)27-21(28(35-31-27)18-6-7-18)15-33-20-8-10-24-19(12-20)13-30-23-9-5-17(14-32)11-25(23)34-24/h2-5,8-12,14,18,30H,6-7,13,15H2,1H3. The van der Waals surface area contributed by atoms with Crippen LogP contribution < -0.4 is 14.8 Å². The Hall–Kier alpha value is -3.77. The van der Waals surface area contributed by atoms with Gasteiger partial charge in [0.1, 0.15) is 35.8 Å². The minimum absolute atomic E-state index is 0.325. The Labute approximate surface area is 207 Å². The van der Waals surface area contributed by atoms with Crippen LogP contribution in [0.2, 0.25) is 5.02 Å². The summed E-state index contributed by atoms with van der Waals surface area (Å²) in [4.78, 5) is 11.1. The van der Waals surface area contributed by atoms with Gasteiger partial charge in [-0.15, -0.1) is 0 Å². The number of rotatable bonds is 6. The van der Waals surface area contributed by atoms with E-state index in [4.69, 9.17) is 25.6 Å². The lowest BCUT2D eigenvalue weighted by Crippen LogP contribution is -2.02. The summed E-state index contributed by atoms with van der Waals surface area (Å²) in [6.45, 7) is 2.92. The molecule has 0 radical (unpaired) electrons. The molecule has 1 saturated carbocycles. The van der Waals surface area contributed by atoms with Crippen molar-refractivity contribution in [3.8, 4) is 28.5 Å². The molecular weight excluding hydrogens is 464 g/mol. The van der Waals surface area contributed by atoms with Crippen molar-refractivity contribution in [2.75, 3.05) is 5.32 Å². The van der Waals surface area contributed by atoms with Crippen LogP contribution in [0.5, 0.6) is 17.2 Å². The highest BCUT2D eigenvalue weighted by molar-refractivity contribution is 6.33. The average molecular weight is 487 g/mol. The molecule has 4 aromatic rings. The molecule has 0 atom stereocenters. The van der Waals surface area contributed by atoms with E-state index in [1.807, 2.05) is 49.4 Å². The van der Waals surface area contributed by atoms with Crippen molar-refractivity contribution in [3.63, 3.8) is 0 Å². The van der Waals surface area contributed by atoms with E-state index in [0.29, 0.717) is 35.4 Å². The van der Waals surface area contributed by atoms with Gasteiger partial charge in [0.05, 0.1) is 16.3 Å². The number of halogens is 1. The Kier molecular flexibility index (Phi) is 5.46. The number of aromatic nitrogens is 1. The third-order valence-corrected chi connectivity index (χ3v) is 6.79. The fourth-order valence-corrected chi connectivity index (χ4v) is 4.76. The lowest BCUT2D eigenvalue weighted by molar-refractivity contribution is 0.112.